The first-order valence-electron chi connectivity index (χ1n) is 13.0. The van der Waals surface area contributed by atoms with Gasteiger partial charge < -0.3 is 15.4 Å². The first kappa shape index (κ1) is 25.9. The number of halogens is 2. The smallest absolute Gasteiger partial charge is 0.278 e. The third-order valence-electron chi connectivity index (χ3n) is 7.59. The van der Waals surface area contributed by atoms with Gasteiger partial charge in [0.1, 0.15) is 17.1 Å². The second-order valence-corrected chi connectivity index (χ2v) is 12.7. The average Bonchev–Trinajstić information content (AvgIpc) is 3.80. The molecule has 3 aliphatic rings. The van der Waals surface area contributed by atoms with Gasteiger partial charge in [-0.2, -0.15) is 0 Å². The van der Waals surface area contributed by atoms with Gasteiger partial charge in [0.05, 0.1) is 16.3 Å². The maximum absolute atomic E-state index is 13.6. The molecule has 10 nitrogen and oxygen atoms in total. The number of pyridine rings is 1. The molecule has 6 rings (SSSR count). The van der Waals surface area contributed by atoms with Crippen molar-refractivity contribution < 1.29 is 26.7 Å². The summed E-state index contributed by atoms with van der Waals surface area (Å²) in [7, 11) is -2.08. The maximum atomic E-state index is 13.6. The molecule has 2 atom stereocenters. The number of ether oxygens (including phenoxy) is 1. The Morgan fingerprint density at radius 1 is 1.15 bits per heavy atom. The van der Waals surface area contributed by atoms with Crippen molar-refractivity contribution in [3.8, 4) is 0 Å². The lowest BCUT2D eigenvalue weighted by molar-refractivity contribution is -0.119. The molecule has 2 aliphatic carbocycles. The summed E-state index contributed by atoms with van der Waals surface area (Å²) in [6.45, 7) is 0.502. The lowest BCUT2D eigenvalue weighted by Gasteiger charge is -2.25. The molecule has 1 amide bonds. The molecular weight excluding hydrogens is 532 g/mol. The van der Waals surface area contributed by atoms with E-state index in [1.807, 2.05) is 6.07 Å². The highest BCUT2D eigenvalue weighted by atomic mass is 32.2. The highest BCUT2D eigenvalue weighted by molar-refractivity contribution is 7.90. The predicted molar refractivity (Wildman–Crippen MR) is 140 cm³/mol. The number of alkyl halides is 2. The third-order valence-corrected chi connectivity index (χ3v) is 8.73. The zero-order valence-corrected chi connectivity index (χ0v) is 22.4. The van der Waals surface area contributed by atoms with Crippen LogP contribution in [0.15, 0.2) is 34.0 Å². The topological polar surface area (TPSA) is 124 Å². The second-order valence-electron chi connectivity index (χ2n) is 10.7. The predicted octanol–water partition coefficient (Wildman–Crippen LogP) is 4.05. The van der Waals surface area contributed by atoms with Gasteiger partial charge >= 0.3 is 0 Å². The van der Waals surface area contributed by atoms with Crippen LogP contribution in [0.25, 0.3) is 11.0 Å². The van der Waals surface area contributed by atoms with Gasteiger partial charge in [0, 0.05) is 32.4 Å². The number of hydrogen-bond donors (Lipinski definition) is 2. The van der Waals surface area contributed by atoms with Crippen molar-refractivity contribution in [2.75, 3.05) is 23.5 Å². The van der Waals surface area contributed by atoms with E-state index < -0.39 is 45.8 Å². The number of anilines is 3. The Bertz CT molecular complexity index is 1660. The van der Waals surface area contributed by atoms with Crippen molar-refractivity contribution in [3.63, 3.8) is 0 Å². The highest BCUT2D eigenvalue weighted by Crippen LogP contribution is 2.49. The Morgan fingerprint density at radius 2 is 1.90 bits per heavy atom. The first-order chi connectivity index (χ1) is 18.4. The molecular formula is C26H29F2N5O5S. The molecule has 3 aromatic rings. The second kappa shape index (κ2) is 9.12. The average molecular weight is 562 g/mol. The normalized spacial score (nSPS) is 22.6. The van der Waals surface area contributed by atoms with Crippen molar-refractivity contribution in [2.24, 2.45) is 13.0 Å². The summed E-state index contributed by atoms with van der Waals surface area (Å²) in [6.07, 6.45) is 4.47. The van der Waals surface area contributed by atoms with E-state index in [0.29, 0.717) is 18.9 Å². The number of aromatic nitrogens is 3. The molecule has 2 unspecified atom stereocenters. The van der Waals surface area contributed by atoms with Gasteiger partial charge in [-0.3, -0.25) is 9.59 Å². The first-order valence-corrected chi connectivity index (χ1v) is 14.9. The number of nitrogens with zero attached hydrogens (tertiary/aromatic N) is 3. The van der Waals surface area contributed by atoms with Crippen LogP contribution in [0.3, 0.4) is 0 Å². The van der Waals surface area contributed by atoms with Gasteiger partial charge in [0.25, 0.3) is 11.5 Å². The lowest BCUT2D eigenvalue weighted by atomic mass is 10.1. The standard InChI is InChI=1S/C26H29F2N5O5S/c1-32-25(35)22-18(29-17-9-8-15(14-6-7-14)11-19(17)39(2,36)37)12-20(31-24(34)16-13-26(16,27)28)30-23(22)33(32)21-5-3-4-10-38-21/h8-9,11-12,14,16,21H,3-7,10,13H2,1-2H3,(H2,29,30,31,34). The van der Waals surface area contributed by atoms with Gasteiger partial charge in [-0.05, 0) is 55.7 Å². The van der Waals surface area contributed by atoms with E-state index in [1.165, 1.54) is 10.7 Å². The molecule has 39 heavy (non-hydrogen) atoms. The van der Waals surface area contributed by atoms with E-state index >= 15 is 0 Å². The SMILES string of the molecule is Cn1c(=O)c2c(Nc3ccc(C4CC4)cc3S(C)(=O)=O)cc(NC(=O)C3CC3(F)F)nc2n1C1CCCCO1. The maximum Gasteiger partial charge on any atom is 0.278 e. The minimum absolute atomic E-state index is 0.0386. The monoisotopic (exact) mass is 561 g/mol. The largest absolute Gasteiger partial charge is 0.357 e. The fourth-order valence-corrected chi connectivity index (χ4v) is 6.06. The van der Waals surface area contributed by atoms with E-state index in [0.717, 1.165) is 37.5 Å². The van der Waals surface area contributed by atoms with E-state index in [9.17, 15) is 26.8 Å². The van der Waals surface area contributed by atoms with Crippen LogP contribution in [-0.2, 0) is 26.4 Å². The Hall–Kier alpha value is -3.32. The number of fused-ring (bicyclic) bond motifs is 1. The molecule has 2 saturated carbocycles. The zero-order chi connectivity index (χ0) is 27.7. The molecule has 2 aromatic heterocycles. The van der Waals surface area contributed by atoms with Crippen molar-refractivity contribution >= 4 is 44.0 Å². The van der Waals surface area contributed by atoms with Crippen LogP contribution >= 0.6 is 0 Å². The van der Waals surface area contributed by atoms with Crippen molar-refractivity contribution in [3.05, 3.63) is 40.2 Å². The molecule has 2 N–H and O–H groups in total. The summed E-state index contributed by atoms with van der Waals surface area (Å²) in [5, 5.41) is 5.70. The molecule has 3 heterocycles. The van der Waals surface area contributed by atoms with Gasteiger partial charge in [-0.15, -0.1) is 0 Å². The van der Waals surface area contributed by atoms with E-state index in [-0.39, 0.29) is 33.1 Å². The highest BCUT2D eigenvalue weighted by Gasteiger charge is 2.61. The van der Waals surface area contributed by atoms with Crippen LogP contribution in [0.4, 0.5) is 26.0 Å². The molecule has 1 aromatic carbocycles. The van der Waals surface area contributed by atoms with E-state index in [1.54, 1.807) is 23.9 Å². The van der Waals surface area contributed by atoms with Crippen molar-refractivity contribution in [2.45, 2.75) is 61.5 Å². The van der Waals surface area contributed by atoms with Gasteiger partial charge in [-0.25, -0.2) is 31.5 Å². The summed E-state index contributed by atoms with van der Waals surface area (Å²) in [4.78, 5) is 30.5. The van der Waals surface area contributed by atoms with E-state index in [2.05, 4.69) is 15.6 Å². The Labute approximate surface area is 223 Å². The molecule has 0 bridgehead atoms. The van der Waals surface area contributed by atoms with E-state index in [4.69, 9.17) is 4.74 Å². The molecule has 1 saturated heterocycles. The van der Waals surface area contributed by atoms with Crippen LogP contribution in [0.1, 0.15) is 56.2 Å². The van der Waals surface area contributed by atoms with Crippen LogP contribution in [0.2, 0.25) is 0 Å². The summed E-state index contributed by atoms with van der Waals surface area (Å²) >= 11 is 0. The fraction of sp³-hybridized carbons (Fsp3) is 0.500. The van der Waals surface area contributed by atoms with Crippen LogP contribution in [0, 0.1) is 5.92 Å². The van der Waals surface area contributed by atoms with Crippen LogP contribution in [0.5, 0.6) is 0 Å². The number of carbonyl (C=O) groups is 1. The molecule has 208 valence electrons. The number of amides is 1. The van der Waals surface area contributed by atoms with Gasteiger partial charge in [0.15, 0.2) is 21.7 Å². The number of sulfone groups is 1. The number of hydrogen-bond acceptors (Lipinski definition) is 7. The molecule has 3 fully saturated rings. The molecule has 0 radical (unpaired) electrons. The molecule has 0 spiro atoms. The molecule has 1 aliphatic heterocycles. The molecule has 13 heteroatoms. The zero-order valence-electron chi connectivity index (χ0n) is 21.5. The van der Waals surface area contributed by atoms with Crippen molar-refractivity contribution in [1.82, 2.24) is 14.3 Å². The van der Waals surface area contributed by atoms with Crippen LogP contribution in [-0.4, -0.2) is 47.5 Å². The summed E-state index contributed by atoms with van der Waals surface area (Å²) in [6, 6.07) is 6.52. The minimum atomic E-state index is -3.65. The van der Waals surface area contributed by atoms with Gasteiger partial charge in [0.2, 0.25) is 5.91 Å². The number of rotatable bonds is 7. The Morgan fingerprint density at radius 3 is 2.51 bits per heavy atom. The summed E-state index contributed by atoms with van der Waals surface area (Å²) in [5.74, 6) is -5.09. The summed E-state index contributed by atoms with van der Waals surface area (Å²) < 4.78 is 61.4. The quantitative estimate of drug-likeness (QED) is 0.446. The minimum Gasteiger partial charge on any atom is -0.357 e. The van der Waals surface area contributed by atoms with Crippen molar-refractivity contribution in [1.29, 1.82) is 0 Å². The lowest BCUT2D eigenvalue weighted by Crippen LogP contribution is -2.27. The Kier molecular flexibility index (Phi) is 6.06. The summed E-state index contributed by atoms with van der Waals surface area (Å²) in [5.41, 5.74) is 1.15. The van der Waals surface area contributed by atoms with Crippen LogP contribution < -0.4 is 16.2 Å². The van der Waals surface area contributed by atoms with Gasteiger partial charge in [-0.1, -0.05) is 6.07 Å². The fourth-order valence-electron chi connectivity index (χ4n) is 5.19. The number of nitrogens with one attached hydrogen (secondary N) is 2. The number of carbonyl (C=O) groups excluding carboxylic acids is 1. The number of benzene rings is 1. The Balaban J connectivity index is 1.49. The third kappa shape index (κ3) is 4.82.